The van der Waals surface area contributed by atoms with Gasteiger partial charge in [0.2, 0.25) is 0 Å². The number of rotatable bonds is 4. The molecule has 1 aliphatic heterocycles. The quantitative estimate of drug-likeness (QED) is 0.687. The predicted octanol–water partition coefficient (Wildman–Crippen LogP) is 4.43. The van der Waals surface area contributed by atoms with Crippen LogP contribution in [0.3, 0.4) is 0 Å². The van der Waals surface area contributed by atoms with E-state index in [1.165, 1.54) is 24.5 Å². The van der Waals surface area contributed by atoms with E-state index in [1.807, 2.05) is 0 Å². The molecule has 1 fully saturated rings. The van der Waals surface area contributed by atoms with Gasteiger partial charge in [0, 0.05) is 30.0 Å². The van der Waals surface area contributed by atoms with Gasteiger partial charge in [-0.3, -0.25) is 0 Å². The Kier molecular flexibility index (Phi) is 4.96. The molecule has 2 aromatic carbocycles. The molecule has 27 heavy (non-hydrogen) atoms. The number of nitrogens with one attached hydrogen (secondary N) is 1. The summed E-state index contributed by atoms with van der Waals surface area (Å²) in [5.41, 5.74) is 1.14. The van der Waals surface area contributed by atoms with Crippen LogP contribution in [0.4, 0.5) is 15.9 Å². The van der Waals surface area contributed by atoms with Crippen LogP contribution in [0.25, 0.3) is 10.9 Å². The number of nitrogens with zero attached hydrogens (tertiary/aromatic N) is 2. The normalized spacial score (nSPS) is 15.0. The topological polar surface area (TPSA) is 76.5 Å². The average Bonchev–Trinajstić information content (AvgIpc) is 2.67. The minimum absolute atomic E-state index is 0.0135. The van der Waals surface area contributed by atoms with Gasteiger partial charge in [0.15, 0.2) is 11.5 Å². The van der Waals surface area contributed by atoms with Gasteiger partial charge < -0.3 is 19.9 Å². The first kappa shape index (κ1) is 17.8. The molecule has 0 spiro atoms. The summed E-state index contributed by atoms with van der Waals surface area (Å²) in [6.07, 6.45) is 2.90. The third-order valence-corrected chi connectivity index (χ3v) is 4.65. The molecular weight excluding hydrogens is 373 g/mol. The smallest absolute Gasteiger partial charge is 0.162 e. The van der Waals surface area contributed by atoms with Crippen LogP contribution in [0.5, 0.6) is 11.5 Å². The Morgan fingerprint density at radius 2 is 2.00 bits per heavy atom. The fraction of sp³-hybridized carbons (Fsp3) is 0.263. The molecule has 140 valence electrons. The van der Waals surface area contributed by atoms with E-state index in [9.17, 15) is 9.50 Å². The number of phenolic OH excluding ortho intramolecular Hbond substituents is 1. The van der Waals surface area contributed by atoms with Crippen LogP contribution in [0.2, 0.25) is 5.02 Å². The van der Waals surface area contributed by atoms with Crippen LogP contribution in [-0.2, 0) is 4.74 Å². The zero-order valence-electron chi connectivity index (χ0n) is 14.3. The summed E-state index contributed by atoms with van der Waals surface area (Å²) in [4.78, 5) is 8.45. The molecule has 0 saturated carbocycles. The number of hydrogen-bond donors (Lipinski definition) is 2. The van der Waals surface area contributed by atoms with Crippen LogP contribution in [-0.4, -0.2) is 34.4 Å². The number of anilines is 2. The van der Waals surface area contributed by atoms with E-state index in [4.69, 9.17) is 21.1 Å². The zero-order valence-corrected chi connectivity index (χ0v) is 15.0. The number of hydrogen-bond acceptors (Lipinski definition) is 6. The van der Waals surface area contributed by atoms with Crippen molar-refractivity contribution in [3.05, 3.63) is 47.5 Å². The predicted molar refractivity (Wildman–Crippen MR) is 100 cm³/mol. The molecule has 2 N–H and O–H groups in total. The first-order chi connectivity index (χ1) is 13.1. The molecule has 2 heterocycles. The van der Waals surface area contributed by atoms with Crippen molar-refractivity contribution in [2.24, 2.45) is 0 Å². The number of aromatic nitrogens is 2. The van der Waals surface area contributed by atoms with Crippen molar-refractivity contribution < 1.29 is 19.0 Å². The molecule has 1 saturated heterocycles. The molecule has 0 aliphatic carbocycles. The highest BCUT2D eigenvalue weighted by atomic mass is 35.5. The lowest BCUT2D eigenvalue weighted by atomic mass is 10.1. The van der Waals surface area contributed by atoms with Crippen molar-refractivity contribution in [3.8, 4) is 11.5 Å². The lowest BCUT2D eigenvalue weighted by molar-refractivity contribution is 0.0246. The molecule has 0 bridgehead atoms. The molecule has 4 rings (SSSR count). The Hall–Kier alpha value is -2.64. The summed E-state index contributed by atoms with van der Waals surface area (Å²) >= 11 is 5.84. The average molecular weight is 390 g/mol. The minimum Gasteiger partial charge on any atom is -0.504 e. The van der Waals surface area contributed by atoms with E-state index < -0.39 is 5.82 Å². The zero-order chi connectivity index (χ0) is 18.8. The Labute approximate surface area is 159 Å². The van der Waals surface area contributed by atoms with Gasteiger partial charge in [0.05, 0.1) is 23.8 Å². The fourth-order valence-corrected chi connectivity index (χ4v) is 3.13. The number of aromatic hydroxyl groups is 1. The van der Waals surface area contributed by atoms with Gasteiger partial charge in [-0.05, 0) is 24.3 Å². The van der Waals surface area contributed by atoms with Crippen molar-refractivity contribution in [2.45, 2.75) is 18.9 Å². The van der Waals surface area contributed by atoms with Crippen LogP contribution in [0.1, 0.15) is 12.8 Å². The second kappa shape index (κ2) is 7.54. The molecule has 0 unspecified atom stereocenters. The SMILES string of the molecule is Oc1cc2ncnc(Nc3ccc(F)c(Cl)c3)c2cc1OC1CCOCC1. The highest BCUT2D eigenvalue weighted by Gasteiger charge is 2.18. The van der Waals surface area contributed by atoms with Crippen LogP contribution >= 0.6 is 11.6 Å². The van der Waals surface area contributed by atoms with E-state index in [0.717, 1.165) is 12.8 Å². The van der Waals surface area contributed by atoms with Gasteiger partial charge in [0.25, 0.3) is 0 Å². The molecule has 0 radical (unpaired) electrons. The van der Waals surface area contributed by atoms with E-state index in [-0.39, 0.29) is 16.9 Å². The van der Waals surface area contributed by atoms with Crippen molar-refractivity contribution >= 4 is 34.0 Å². The molecule has 8 heteroatoms. The third kappa shape index (κ3) is 3.89. The number of ether oxygens (including phenoxy) is 2. The van der Waals surface area contributed by atoms with Crippen LogP contribution in [0.15, 0.2) is 36.7 Å². The van der Waals surface area contributed by atoms with E-state index in [0.29, 0.717) is 41.4 Å². The molecule has 0 amide bonds. The van der Waals surface area contributed by atoms with Gasteiger partial charge in [-0.1, -0.05) is 11.6 Å². The maximum atomic E-state index is 13.4. The summed E-state index contributed by atoms with van der Waals surface area (Å²) in [6.45, 7) is 1.28. The van der Waals surface area contributed by atoms with Gasteiger partial charge in [-0.2, -0.15) is 0 Å². The van der Waals surface area contributed by atoms with Crippen molar-refractivity contribution in [2.75, 3.05) is 18.5 Å². The Morgan fingerprint density at radius 1 is 1.19 bits per heavy atom. The number of phenols is 1. The molecular formula is C19H17ClFN3O3. The highest BCUT2D eigenvalue weighted by Crippen LogP contribution is 2.35. The van der Waals surface area contributed by atoms with E-state index in [1.54, 1.807) is 12.1 Å². The van der Waals surface area contributed by atoms with Crippen molar-refractivity contribution in [1.29, 1.82) is 0 Å². The fourth-order valence-electron chi connectivity index (χ4n) is 2.95. The Balaban J connectivity index is 1.67. The maximum absolute atomic E-state index is 13.4. The molecule has 1 aliphatic rings. The number of halogens is 2. The summed E-state index contributed by atoms with van der Waals surface area (Å²) < 4.78 is 24.7. The molecule has 3 aromatic rings. The Morgan fingerprint density at radius 3 is 2.78 bits per heavy atom. The van der Waals surface area contributed by atoms with Crippen LogP contribution < -0.4 is 10.1 Å². The minimum atomic E-state index is -0.494. The largest absolute Gasteiger partial charge is 0.504 e. The Bertz CT molecular complexity index is 980. The first-order valence-corrected chi connectivity index (χ1v) is 8.92. The van der Waals surface area contributed by atoms with Crippen molar-refractivity contribution in [3.63, 3.8) is 0 Å². The van der Waals surface area contributed by atoms with Gasteiger partial charge in [-0.25, -0.2) is 14.4 Å². The molecule has 0 atom stereocenters. The second-order valence-corrected chi connectivity index (χ2v) is 6.65. The van der Waals surface area contributed by atoms with Gasteiger partial charge in [-0.15, -0.1) is 0 Å². The number of fused-ring (bicyclic) bond motifs is 1. The van der Waals surface area contributed by atoms with Gasteiger partial charge >= 0.3 is 0 Å². The van der Waals surface area contributed by atoms with E-state index in [2.05, 4.69) is 15.3 Å². The maximum Gasteiger partial charge on any atom is 0.162 e. The van der Waals surface area contributed by atoms with Crippen LogP contribution in [0, 0.1) is 5.82 Å². The number of benzene rings is 2. The second-order valence-electron chi connectivity index (χ2n) is 6.24. The summed E-state index contributed by atoms with van der Waals surface area (Å²) in [6, 6.07) is 7.56. The van der Waals surface area contributed by atoms with E-state index >= 15 is 0 Å². The van der Waals surface area contributed by atoms with Gasteiger partial charge in [0.1, 0.15) is 24.1 Å². The lowest BCUT2D eigenvalue weighted by Gasteiger charge is -2.24. The summed E-state index contributed by atoms with van der Waals surface area (Å²) in [5.74, 6) is 0.388. The monoisotopic (exact) mass is 389 g/mol. The lowest BCUT2D eigenvalue weighted by Crippen LogP contribution is -2.25. The molecule has 6 nitrogen and oxygen atoms in total. The van der Waals surface area contributed by atoms with Crippen molar-refractivity contribution in [1.82, 2.24) is 9.97 Å². The standard InChI is InChI=1S/C19H17ClFN3O3/c20-14-7-11(1-2-15(14)21)24-19-13-8-18(27-12-3-5-26-6-4-12)17(25)9-16(13)22-10-23-19/h1-2,7-10,12,25H,3-6H2,(H,22,23,24). The third-order valence-electron chi connectivity index (χ3n) is 4.36. The molecule has 1 aromatic heterocycles. The summed E-state index contributed by atoms with van der Waals surface area (Å²) in [7, 11) is 0. The first-order valence-electron chi connectivity index (χ1n) is 8.54. The summed E-state index contributed by atoms with van der Waals surface area (Å²) in [5, 5.41) is 14.1. The highest BCUT2D eigenvalue weighted by molar-refractivity contribution is 6.31.